The first-order valence-electron chi connectivity index (χ1n) is 6.67. The van der Waals surface area contributed by atoms with Crippen LogP contribution in [0.2, 0.25) is 0 Å². The maximum Gasteiger partial charge on any atom is 0.161 e. The molecule has 2 aliphatic heterocycles. The molecular weight excluding hydrogens is 238 g/mol. The minimum Gasteiger partial charge on any atom is -0.486 e. The summed E-state index contributed by atoms with van der Waals surface area (Å²) in [6.07, 6.45) is 1.08. The molecule has 1 N–H and O–H groups in total. The van der Waals surface area contributed by atoms with Gasteiger partial charge in [-0.3, -0.25) is 0 Å². The summed E-state index contributed by atoms with van der Waals surface area (Å²) >= 11 is 0. The molecule has 0 aliphatic carbocycles. The van der Waals surface area contributed by atoms with Crippen LogP contribution in [0.3, 0.4) is 0 Å². The molecule has 0 saturated heterocycles. The Balaban J connectivity index is 1.83. The van der Waals surface area contributed by atoms with E-state index in [1.807, 2.05) is 6.07 Å². The zero-order valence-electron chi connectivity index (χ0n) is 10.6. The summed E-state index contributed by atoms with van der Waals surface area (Å²) in [6, 6.07) is 12.6. The van der Waals surface area contributed by atoms with Gasteiger partial charge in [-0.05, 0) is 41.3 Å². The summed E-state index contributed by atoms with van der Waals surface area (Å²) in [6.45, 7) is 2.29. The summed E-state index contributed by atoms with van der Waals surface area (Å²) in [5, 5.41) is 3.42. The summed E-state index contributed by atoms with van der Waals surface area (Å²) < 4.78 is 11.2. The number of fused-ring (bicyclic) bond motifs is 2. The van der Waals surface area contributed by atoms with Gasteiger partial charge in [-0.25, -0.2) is 0 Å². The summed E-state index contributed by atoms with van der Waals surface area (Å²) in [5.74, 6) is 1.70. The molecular formula is C16H15NO2. The summed E-state index contributed by atoms with van der Waals surface area (Å²) in [4.78, 5) is 0. The van der Waals surface area contributed by atoms with Crippen LogP contribution in [-0.2, 0) is 6.42 Å². The van der Waals surface area contributed by atoms with E-state index in [0.717, 1.165) is 24.5 Å². The number of benzene rings is 2. The third kappa shape index (κ3) is 1.73. The van der Waals surface area contributed by atoms with E-state index in [9.17, 15) is 0 Å². The molecule has 0 fully saturated rings. The second-order valence-corrected chi connectivity index (χ2v) is 4.87. The maximum absolute atomic E-state index is 5.66. The Bertz CT molecular complexity index is 637. The van der Waals surface area contributed by atoms with E-state index < -0.39 is 0 Å². The molecule has 19 heavy (non-hydrogen) atoms. The standard InChI is InChI=1S/C16H15NO2/c1-2-12(13-6-7-17-14(13)3-1)11-4-5-15-16(10-11)19-9-8-18-15/h1-5,10,17H,6-9H2. The Kier molecular flexibility index (Phi) is 2.37. The molecule has 0 bridgehead atoms. The van der Waals surface area contributed by atoms with Crippen LogP contribution in [0.4, 0.5) is 5.69 Å². The van der Waals surface area contributed by atoms with Gasteiger partial charge < -0.3 is 14.8 Å². The minimum absolute atomic E-state index is 0.630. The van der Waals surface area contributed by atoms with E-state index in [2.05, 4.69) is 35.6 Å². The second kappa shape index (κ2) is 4.19. The van der Waals surface area contributed by atoms with Crippen molar-refractivity contribution in [3.8, 4) is 22.6 Å². The van der Waals surface area contributed by atoms with Gasteiger partial charge in [0.1, 0.15) is 13.2 Å². The molecule has 0 unspecified atom stereocenters. The molecule has 0 saturated carbocycles. The van der Waals surface area contributed by atoms with Crippen molar-refractivity contribution in [1.82, 2.24) is 0 Å². The van der Waals surface area contributed by atoms with Crippen LogP contribution < -0.4 is 14.8 Å². The lowest BCUT2D eigenvalue weighted by molar-refractivity contribution is 0.171. The van der Waals surface area contributed by atoms with E-state index in [1.165, 1.54) is 22.4 Å². The topological polar surface area (TPSA) is 30.5 Å². The Morgan fingerprint density at radius 3 is 2.79 bits per heavy atom. The number of ether oxygens (including phenoxy) is 2. The number of anilines is 1. The van der Waals surface area contributed by atoms with Crippen LogP contribution in [0.5, 0.6) is 11.5 Å². The number of hydrogen-bond acceptors (Lipinski definition) is 3. The summed E-state index contributed by atoms with van der Waals surface area (Å²) in [5.41, 5.74) is 5.15. The Labute approximate surface area is 112 Å². The van der Waals surface area contributed by atoms with Gasteiger partial charge in [0.2, 0.25) is 0 Å². The Morgan fingerprint density at radius 1 is 0.947 bits per heavy atom. The van der Waals surface area contributed by atoms with Crippen molar-refractivity contribution in [1.29, 1.82) is 0 Å². The average molecular weight is 253 g/mol. The van der Waals surface area contributed by atoms with Crippen LogP contribution in [-0.4, -0.2) is 19.8 Å². The third-order valence-electron chi connectivity index (χ3n) is 3.72. The fraction of sp³-hybridized carbons (Fsp3) is 0.250. The molecule has 0 aromatic heterocycles. The predicted molar refractivity (Wildman–Crippen MR) is 75.1 cm³/mol. The largest absolute Gasteiger partial charge is 0.486 e. The predicted octanol–water partition coefficient (Wildman–Crippen LogP) is 3.09. The van der Waals surface area contributed by atoms with Gasteiger partial charge in [-0.15, -0.1) is 0 Å². The normalized spacial score (nSPS) is 15.8. The van der Waals surface area contributed by atoms with Crippen LogP contribution in [0.25, 0.3) is 11.1 Å². The molecule has 0 radical (unpaired) electrons. The van der Waals surface area contributed by atoms with E-state index >= 15 is 0 Å². The molecule has 3 nitrogen and oxygen atoms in total. The fourth-order valence-corrected chi connectivity index (χ4v) is 2.83. The van der Waals surface area contributed by atoms with E-state index in [4.69, 9.17) is 9.47 Å². The van der Waals surface area contributed by atoms with Gasteiger partial charge >= 0.3 is 0 Å². The number of nitrogens with one attached hydrogen (secondary N) is 1. The first-order chi connectivity index (χ1) is 9.42. The van der Waals surface area contributed by atoms with Gasteiger partial charge in [0.15, 0.2) is 11.5 Å². The highest BCUT2D eigenvalue weighted by atomic mass is 16.6. The summed E-state index contributed by atoms with van der Waals surface area (Å²) in [7, 11) is 0. The van der Waals surface area contributed by atoms with Gasteiger partial charge in [-0.2, -0.15) is 0 Å². The smallest absolute Gasteiger partial charge is 0.161 e. The van der Waals surface area contributed by atoms with Crippen LogP contribution in [0, 0.1) is 0 Å². The molecule has 2 heterocycles. The van der Waals surface area contributed by atoms with Gasteiger partial charge in [-0.1, -0.05) is 18.2 Å². The first-order valence-corrected chi connectivity index (χ1v) is 6.67. The lowest BCUT2D eigenvalue weighted by Crippen LogP contribution is -2.15. The quantitative estimate of drug-likeness (QED) is 0.847. The van der Waals surface area contributed by atoms with Crippen molar-refractivity contribution in [2.24, 2.45) is 0 Å². The zero-order valence-corrected chi connectivity index (χ0v) is 10.6. The zero-order chi connectivity index (χ0) is 12.7. The highest BCUT2D eigenvalue weighted by Crippen LogP contribution is 2.38. The molecule has 0 spiro atoms. The molecule has 2 aliphatic rings. The highest BCUT2D eigenvalue weighted by molar-refractivity contribution is 5.77. The molecule has 0 amide bonds. The highest BCUT2D eigenvalue weighted by Gasteiger charge is 2.17. The van der Waals surface area contributed by atoms with E-state index in [-0.39, 0.29) is 0 Å². The Hall–Kier alpha value is -2.16. The first kappa shape index (κ1) is 10.7. The maximum atomic E-state index is 5.66. The van der Waals surface area contributed by atoms with E-state index in [0.29, 0.717) is 13.2 Å². The van der Waals surface area contributed by atoms with Crippen molar-refractivity contribution in [3.05, 3.63) is 42.0 Å². The number of rotatable bonds is 1. The third-order valence-corrected chi connectivity index (χ3v) is 3.72. The van der Waals surface area contributed by atoms with Crippen molar-refractivity contribution >= 4 is 5.69 Å². The van der Waals surface area contributed by atoms with Crippen molar-refractivity contribution in [2.75, 3.05) is 25.1 Å². The van der Waals surface area contributed by atoms with Crippen molar-refractivity contribution in [2.45, 2.75) is 6.42 Å². The number of hydrogen-bond donors (Lipinski definition) is 1. The van der Waals surface area contributed by atoms with Gasteiger partial charge in [0.05, 0.1) is 0 Å². The molecule has 2 aromatic carbocycles. The van der Waals surface area contributed by atoms with Gasteiger partial charge in [0.25, 0.3) is 0 Å². The lowest BCUT2D eigenvalue weighted by Gasteiger charge is -2.19. The average Bonchev–Trinajstić information content (AvgIpc) is 2.95. The minimum atomic E-state index is 0.630. The molecule has 3 heteroatoms. The molecule has 0 atom stereocenters. The Morgan fingerprint density at radius 2 is 1.84 bits per heavy atom. The second-order valence-electron chi connectivity index (χ2n) is 4.87. The van der Waals surface area contributed by atoms with Crippen LogP contribution in [0.1, 0.15) is 5.56 Å². The van der Waals surface area contributed by atoms with Crippen molar-refractivity contribution < 1.29 is 9.47 Å². The van der Waals surface area contributed by atoms with Gasteiger partial charge in [0, 0.05) is 12.2 Å². The van der Waals surface area contributed by atoms with Crippen molar-refractivity contribution in [3.63, 3.8) is 0 Å². The monoisotopic (exact) mass is 253 g/mol. The molecule has 96 valence electrons. The molecule has 2 aromatic rings. The van der Waals surface area contributed by atoms with Crippen LogP contribution >= 0.6 is 0 Å². The molecule has 4 rings (SSSR count). The fourth-order valence-electron chi connectivity index (χ4n) is 2.83. The van der Waals surface area contributed by atoms with E-state index in [1.54, 1.807) is 0 Å². The lowest BCUT2D eigenvalue weighted by atomic mass is 9.97. The van der Waals surface area contributed by atoms with Crippen LogP contribution in [0.15, 0.2) is 36.4 Å². The SMILES string of the molecule is c1cc2c(c(-c3ccc4c(c3)OCCO4)c1)CCN2.